The van der Waals surface area contributed by atoms with Gasteiger partial charge < -0.3 is 9.84 Å². The number of β-amino-alcohol motifs (C(OH)–C–C–N with tert-alkyl or cyclic N) is 1. The molecule has 0 aliphatic carbocycles. The lowest BCUT2D eigenvalue weighted by molar-refractivity contribution is -0.152. The van der Waals surface area contributed by atoms with E-state index in [1.54, 1.807) is 6.92 Å². The van der Waals surface area contributed by atoms with Gasteiger partial charge in [0, 0.05) is 13.1 Å². The Bertz CT molecular complexity index is 170. The van der Waals surface area contributed by atoms with Crippen LogP contribution in [0.25, 0.3) is 0 Å². The van der Waals surface area contributed by atoms with Crippen molar-refractivity contribution in [3.8, 4) is 0 Å². The summed E-state index contributed by atoms with van der Waals surface area (Å²) in [6.07, 6.45) is 0.469. The summed E-state index contributed by atoms with van der Waals surface area (Å²) < 4.78 is 4.60. The van der Waals surface area contributed by atoms with E-state index in [0.717, 1.165) is 13.0 Å². The van der Waals surface area contributed by atoms with Crippen molar-refractivity contribution in [2.75, 3.05) is 20.2 Å². The average molecular weight is 173 g/mol. The number of hydrogen-bond donors (Lipinski definition) is 1. The van der Waals surface area contributed by atoms with E-state index in [9.17, 15) is 4.79 Å². The molecule has 0 spiro atoms. The number of carbonyl (C=O) groups excluding carboxylic acids is 1. The molecule has 2 atom stereocenters. The minimum absolute atomic E-state index is 0.121. The second-order valence-corrected chi connectivity index (χ2v) is 3.17. The van der Waals surface area contributed by atoms with Gasteiger partial charge in [0.15, 0.2) is 0 Å². The molecule has 0 aromatic carbocycles. The SMILES string of the molecule is COC(=O)C1CCN1CC(C)O. The summed E-state index contributed by atoms with van der Waals surface area (Å²) in [4.78, 5) is 13.0. The van der Waals surface area contributed by atoms with Gasteiger partial charge in [-0.3, -0.25) is 9.69 Å². The molecule has 0 aromatic rings. The fourth-order valence-corrected chi connectivity index (χ4v) is 1.40. The summed E-state index contributed by atoms with van der Waals surface area (Å²) in [6.45, 7) is 3.15. The highest BCUT2D eigenvalue weighted by atomic mass is 16.5. The Labute approximate surface area is 72.1 Å². The van der Waals surface area contributed by atoms with Crippen molar-refractivity contribution in [3.63, 3.8) is 0 Å². The minimum Gasteiger partial charge on any atom is -0.468 e. The molecule has 12 heavy (non-hydrogen) atoms. The molecule has 1 N–H and O–H groups in total. The van der Waals surface area contributed by atoms with Gasteiger partial charge in [-0.2, -0.15) is 0 Å². The molecule has 1 aliphatic rings. The summed E-state index contributed by atoms with van der Waals surface area (Å²) in [5, 5.41) is 9.07. The molecule has 0 amide bonds. The van der Waals surface area contributed by atoms with E-state index in [4.69, 9.17) is 5.11 Å². The first-order chi connectivity index (χ1) is 5.65. The first-order valence-corrected chi connectivity index (χ1v) is 4.15. The first kappa shape index (κ1) is 9.48. The van der Waals surface area contributed by atoms with E-state index < -0.39 is 0 Å². The predicted octanol–water partition coefficient (Wildman–Crippen LogP) is -0.385. The quantitative estimate of drug-likeness (QED) is 0.591. The van der Waals surface area contributed by atoms with Crippen LogP contribution in [-0.4, -0.2) is 48.3 Å². The van der Waals surface area contributed by atoms with Crippen molar-refractivity contribution in [1.29, 1.82) is 0 Å². The van der Waals surface area contributed by atoms with Gasteiger partial charge >= 0.3 is 5.97 Å². The summed E-state index contributed by atoms with van der Waals surface area (Å²) in [7, 11) is 1.39. The molecule has 1 aliphatic heterocycles. The van der Waals surface area contributed by atoms with Gasteiger partial charge in [-0.25, -0.2) is 0 Å². The van der Waals surface area contributed by atoms with E-state index >= 15 is 0 Å². The fourth-order valence-electron chi connectivity index (χ4n) is 1.40. The molecule has 1 rings (SSSR count). The van der Waals surface area contributed by atoms with Crippen LogP contribution < -0.4 is 0 Å². The predicted molar refractivity (Wildman–Crippen MR) is 43.7 cm³/mol. The zero-order chi connectivity index (χ0) is 9.14. The number of hydrogen-bond acceptors (Lipinski definition) is 4. The van der Waals surface area contributed by atoms with Gasteiger partial charge in [-0.05, 0) is 13.3 Å². The summed E-state index contributed by atoms with van der Waals surface area (Å²) in [5.74, 6) is -0.193. The van der Waals surface area contributed by atoms with Crippen LogP contribution in [0, 0.1) is 0 Å². The summed E-state index contributed by atoms with van der Waals surface area (Å²) in [6, 6.07) is -0.121. The number of carbonyl (C=O) groups is 1. The zero-order valence-corrected chi connectivity index (χ0v) is 7.49. The first-order valence-electron chi connectivity index (χ1n) is 4.15. The second kappa shape index (κ2) is 3.87. The van der Waals surface area contributed by atoms with Gasteiger partial charge in [0.25, 0.3) is 0 Å². The Morgan fingerprint density at radius 2 is 2.50 bits per heavy atom. The van der Waals surface area contributed by atoms with Crippen molar-refractivity contribution in [2.24, 2.45) is 0 Å². The Morgan fingerprint density at radius 3 is 2.83 bits per heavy atom. The molecule has 1 fully saturated rings. The Kier molecular flexibility index (Phi) is 3.05. The van der Waals surface area contributed by atoms with Crippen molar-refractivity contribution in [3.05, 3.63) is 0 Å². The van der Waals surface area contributed by atoms with Crippen LogP contribution >= 0.6 is 0 Å². The smallest absolute Gasteiger partial charge is 0.323 e. The Balaban J connectivity index is 2.33. The van der Waals surface area contributed by atoms with Gasteiger partial charge in [0.1, 0.15) is 6.04 Å². The molecule has 1 saturated heterocycles. The fraction of sp³-hybridized carbons (Fsp3) is 0.875. The molecule has 0 saturated carbocycles. The maximum absolute atomic E-state index is 11.0. The number of likely N-dealkylation sites (tertiary alicyclic amines) is 1. The van der Waals surface area contributed by atoms with Crippen LogP contribution in [0.3, 0.4) is 0 Å². The number of ether oxygens (including phenoxy) is 1. The van der Waals surface area contributed by atoms with Gasteiger partial charge in [-0.1, -0.05) is 0 Å². The summed E-state index contributed by atoms with van der Waals surface area (Å²) >= 11 is 0. The largest absolute Gasteiger partial charge is 0.468 e. The number of aliphatic hydroxyl groups is 1. The number of esters is 1. The molecule has 4 heteroatoms. The number of rotatable bonds is 3. The molecular weight excluding hydrogens is 158 g/mol. The van der Waals surface area contributed by atoms with Crippen LogP contribution in [-0.2, 0) is 9.53 Å². The summed E-state index contributed by atoms with van der Waals surface area (Å²) in [5.41, 5.74) is 0. The highest BCUT2D eigenvalue weighted by molar-refractivity contribution is 5.76. The Hall–Kier alpha value is -0.610. The third-order valence-corrected chi connectivity index (χ3v) is 2.10. The van der Waals surface area contributed by atoms with Gasteiger partial charge in [0.05, 0.1) is 13.2 Å². The molecule has 2 unspecified atom stereocenters. The highest BCUT2D eigenvalue weighted by Gasteiger charge is 2.35. The van der Waals surface area contributed by atoms with Crippen molar-refractivity contribution in [1.82, 2.24) is 4.90 Å². The van der Waals surface area contributed by atoms with Crippen LogP contribution in [0.2, 0.25) is 0 Å². The molecule has 0 aromatic heterocycles. The topological polar surface area (TPSA) is 49.8 Å². The lowest BCUT2D eigenvalue weighted by Gasteiger charge is -2.39. The number of nitrogens with zero attached hydrogens (tertiary/aromatic N) is 1. The molecule has 4 nitrogen and oxygen atoms in total. The molecule has 70 valence electrons. The van der Waals surface area contributed by atoms with Crippen LogP contribution in [0.5, 0.6) is 0 Å². The third kappa shape index (κ3) is 1.95. The minimum atomic E-state index is -0.377. The van der Waals surface area contributed by atoms with E-state index in [1.165, 1.54) is 7.11 Å². The second-order valence-electron chi connectivity index (χ2n) is 3.17. The maximum Gasteiger partial charge on any atom is 0.323 e. The number of methoxy groups -OCH3 is 1. The normalized spacial score (nSPS) is 26.1. The maximum atomic E-state index is 11.0. The van der Waals surface area contributed by atoms with Gasteiger partial charge in [0.2, 0.25) is 0 Å². The van der Waals surface area contributed by atoms with Crippen molar-refractivity contribution >= 4 is 5.97 Å². The van der Waals surface area contributed by atoms with Gasteiger partial charge in [-0.15, -0.1) is 0 Å². The zero-order valence-electron chi connectivity index (χ0n) is 7.49. The van der Waals surface area contributed by atoms with Crippen LogP contribution in [0.4, 0.5) is 0 Å². The lowest BCUT2D eigenvalue weighted by Crippen LogP contribution is -2.54. The van der Waals surface area contributed by atoms with E-state index in [1.807, 2.05) is 4.90 Å². The third-order valence-electron chi connectivity index (χ3n) is 2.10. The molecule has 1 heterocycles. The van der Waals surface area contributed by atoms with Crippen LogP contribution in [0.1, 0.15) is 13.3 Å². The van der Waals surface area contributed by atoms with E-state index in [0.29, 0.717) is 6.54 Å². The molecule has 0 radical (unpaired) electrons. The Morgan fingerprint density at radius 1 is 1.83 bits per heavy atom. The monoisotopic (exact) mass is 173 g/mol. The van der Waals surface area contributed by atoms with E-state index in [2.05, 4.69) is 4.74 Å². The molecular formula is C8H15NO3. The average Bonchev–Trinajstić information content (AvgIpc) is 1.98. The number of aliphatic hydroxyl groups excluding tert-OH is 1. The van der Waals surface area contributed by atoms with Crippen molar-refractivity contribution in [2.45, 2.75) is 25.5 Å². The van der Waals surface area contributed by atoms with Crippen LogP contribution in [0.15, 0.2) is 0 Å². The molecule has 0 bridgehead atoms. The lowest BCUT2D eigenvalue weighted by atomic mass is 10.0. The van der Waals surface area contributed by atoms with Crippen molar-refractivity contribution < 1.29 is 14.6 Å². The van der Waals surface area contributed by atoms with E-state index in [-0.39, 0.29) is 18.1 Å². The highest BCUT2D eigenvalue weighted by Crippen LogP contribution is 2.18. The standard InChI is InChI=1S/C8H15NO3/c1-6(10)5-9-4-3-7(9)8(11)12-2/h6-7,10H,3-5H2,1-2H3.